The zero-order valence-corrected chi connectivity index (χ0v) is 17.8. The monoisotopic (exact) mass is 456 g/mol. The van der Waals surface area contributed by atoms with Crippen LogP contribution in [0.2, 0.25) is 5.02 Å². The van der Waals surface area contributed by atoms with Crippen LogP contribution in [0.5, 0.6) is 0 Å². The number of hydrogen-bond donors (Lipinski definition) is 1. The Bertz CT molecular complexity index is 1130. The van der Waals surface area contributed by atoms with E-state index >= 15 is 0 Å². The number of rotatable bonds is 4. The third kappa shape index (κ3) is 4.14. The molecule has 2 amide bonds. The summed E-state index contributed by atoms with van der Waals surface area (Å²) >= 11 is 11.1. The first-order valence-corrected chi connectivity index (χ1v) is 10.3. The van der Waals surface area contributed by atoms with Gasteiger partial charge in [0.2, 0.25) is 0 Å². The van der Waals surface area contributed by atoms with Gasteiger partial charge >= 0.3 is 0 Å². The zero-order valence-electron chi connectivity index (χ0n) is 16.2. The highest BCUT2D eigenvalue weighted by atomic mass is 35.5. The van der Waals surface area contributed by atoms with Crippen molar-refractivity contribution in [3.63, 3.8) is 0 Å². The number of nitro groups is 1. The predicted molar refractivity (Wildman–Crippen MR) is 122 cm³/mol. The van der Waals surface area contributed by atoms with Crippen LogP contribution in [0.15, 0.2) is 48.0 Å². The van der Waals surface area contributed by atoms with E-state index in [4.69, 9.17) is 23.8 Å². The number of amides is 2. The molecular formula is C21H17ClN4O4S. The molecule has 158 valence electrons. The normalized spacial score (nSPS) is 18.0. The molecule has 2 fully saturated rings. The van der Waals surface area contributed by atoms with Gasteiger partial charge in [-0.25, -0.2) is 0 Å². The molecule has 1 N–H and O–H groups in total. The third-order valence-corrected chi connectivity index (χ3v) is 5.69. The number of nitrogens with one attached hydrogen (secondary N) is 1. The fourth-order valence-electron chi connectivity index (χ4n) is 3.65. The van der Waals surface area contributed by atoms with Crippen LogP contribution in [0.1, 0.15) is 18.4 Å². The van der Waals surface area contributed by atoms with Crippen molar-refractivity contribution >= 4 is 63.9 Å². The van der Waals surface area contributed by atoms with Crippen molar-refractivity contribution in [3.8, 4) is 0 Å². The Hall–Kier alpha value is -3.30. The summed E-state index contributed by atoms with van der Waals surface area (Å²) < 4.78 is 0. The van der Waals surface area contributed by atoms with E-state index in [-0.39, 0.29) is 16.4 Å². The van der Waals surface area contributed by atoms with Crippen LogP contribution in [0.25, 0.3) is 6.08 Å². The van der Waals surface area contributed by atoms with Crippen LogP contribution in [0.4, 0.5) is 17.1 Å². The predicted octanol–water partition coefficient (Wildman–Crippen LogP) is 3.68. The van der Waals surface area contributed by atoms with Crippen LogP contribution in [0, 0.1) is 10.1 Å². The topological polar surface area (TPSA) is 95.8 Å². The lowest BCUT2D eigenvalue weighted by molar-refractivity contribution is -0.384. The Kier molecular flexibility index (Phi) is 5.71. The summed E-state index contributed by atoms with van der Waals surface area (Å²) in [5, 5.41) is 14.3. The molecule has 0 aliphatic carbocycles. The molecule has 10 heteroatoms. The van der Waals surface area contributed by atoms with Gasteiger partial charge in [0.15, 0.2) is 5.11 Å². The molecule has 0 bridgehead atoms. The minimum absolute atomic E-state index is 0.0479. The van der Waals surface area contributed by atoms with Crippen molar-refractivity contribution in [2.45, 2.75) is 12.8 Å². The van der Waals surface area contributed by atoms with E-state index in [1.165, 1.54) is 23.1 Å². The maximum Gasteiger partial charge on any atom is 0.270 e. The molecule has 0 atom stereocenters. The standard InChI is InChI=1S/C21H17ClN4O4S/c22-14-3-5-15(6-4-14)25-20(28)17(19(27)23-21(25)31)12-13-11-16(26(29)30)7-8-18(13)24-9-1-2-10-24/h3-8,11-12H,1-2,9-10H2,(H,23,27,31). The number of nitro benzene ring substituents is 1. The number of carbonyl (C=O) groups excluding carboxylic acids is 2. The van der Waals surface area contributed by atoms with E-state index in [1.54, 1.807) is 30.3 Å². The van der Waals surface area contributed by atoms with Gasteiger partial charge in [0.1, 0.15) is 5.57 Å². The van der Waals surface area contributed by atoms with E-state index in [9.17, 15) is 19.7 Å². The lowest BCUT2D eigenvalue weighted by Gasteiger charge is -2.29. The van der Waals surface area contributed by atoms with Crippen LogP contribution >= 0.6 is 23.8 Å². The number of hydrogen-bond acceptors (Lipinski definition) is 6. The second-order valence-corrected chi connectivity index (χ2v) is 7.95. The number of non-ortho nitro benzene ring substituents is 1. The van der Waals surface area contributed by atoms with Crippen LogP contribution in [-0.2, 0) is 9.59 Å². The van der Waals surface area contributed by atoms with Crippen molar-refractivity contribution in [1.29, 1.82) is 0 Å². The molecule has 2 aromatic carbocycles. The lowest BCUT2D eigenvalue weighted by atomic mass is 10.0. The smallest absolute Gasteiger partial charge is 0.270 e. The van der Waals surface area contributed by atoms with Gasteiger partial charge in [0.05, 0.1) is 10.6 Å². The molecular weight excluding hydrogens is 440 g/mol. The number of anilines is 2. The molecule has 8 nitrogen and oxygen atoms in total. The average molecular weight is 457 g/mol. The zero-order chi connectivity index (χ0) is 22.1. The Morgan fingerprint density at radius 2 is 1.77 bits per heavy atom. The quantitative estimate of drug-likeness (QED) is 0.248. The lowest BCUT2D eigenvalue weighted by Crippen LogP contribution is -2.54. The largest absolute Gasteiger partial charge is 0.371 e. The van der Waals surface area contributed by atoms with Crippen LogP contribution < -0.4 is 15.1 Å². The van der Waals surface area contributed by atoms with Crippen molar-refractivity contribution in [3.05, 3.63) is 68.7 Å². The molecule has 0 aromatic heterocycles. The second kappa shape index (κ2) is 8.44. The highest BCUT2D eigenvalue weighted by molar-refractivity contribution is 7.80. The van der Waals surface area contributed by atoms with Crippen LogP contribution in [-0.4, -0.2) is 34.9 Å². The van der Waals surface area contributed by atoms with Crippen LogP contribution in [0.3, 0.4) is 0 Å². The van der Waals surface area contributed by atoms with Crippen molar-refractivity contribution in [2.24, 2.45) is 0 Å². The fourth-order valence-corrected chi connectivity index (χ4v) is 4.06. The summed E-state index contributed by atoms with van der Waals surface area (Å²) in [5.41, 5.74) is 1.33. The van der Waals surface area contributed by atoms with Gasteiger partial charge in [-0.15, -0.1) is 0 Å². The molecule has 4 rings (SSSR count). The number of benzene rings is 2. The summed E-state index contributed by atoms with van der Waals surface area (Å²) in [7, 11) is 0. The molecule has 0 spiro atoms. The maximum atomic E-state index is 13.2. The maximum absolute atomic E-state index is 13.2. The van der Waals surface area contributed by atoms with Crippen molar-refractivity contribution in [2.75, 3.05) is 22.9 Å². The highest BCUT2D eigenvalue weighted by Gasteiger charge is 2.35. The van der Waals surface area contributed by atoms with Gasteiger partial charge in [-0.1, -0.05) is 11.6 Å². The first-order valence-electron chi connectivity index (χ1n) is 9.55. The Morgan fingerprint density at radius 1 is 1.10 bits per heavy atom. The number of halogens is 1. The molecule has 2 aromatic rings. The molecule has 2 aliphatic rings. The Labute approximate surface area is 188 Å². The van der Waals surface area contributed by atoms with Gasteiger partial charge in [-0.2, -0.15) is 0 Å². The van der Waals surface area contributed by atoms with E-state index < -0.39 is 16.7 Å². The summed E-state index contributed by atoms with van der Waals surface area (Å²) in [6.45, 7) is 1.60. The third-order valence-electron chi connectivity index (χ3n) is 5.16. The second-order valence-electron chi connectivity index (χ2n) is 7.13. The minimum atomic E-state index is -0.654. The van der Waals surface area contributed by atoms with E-state index in [2.05, 4.69) is 10.2 Å². The van der Waals surface area contributed by atoms with Crippen molar-refractivity contribution < 1.29 is 14.5 Å². The molecule has 0 saturated carbocycles. The van der Waals surface area contributed by atoms with E-state index in [0.717, 1.165) is 31.6 Å². The molecule has 2 heterocycles. The first kappa shape index (κ1) is 21.0. The Morgan fingerprint density at radius 3 is 2.42 bits per heavy atom. The van der Waals surface area contributed by atoms with Gasteiger partial charge in [-0.3, -0.25) is 29.9 Å². The first-order chi connectivity index (χ1) is 14.8. The molecule has 2 aliphatic heterocycles. The molecule has 31 heavy (non-hydrogen) atoms. The minimum Gasteiger partial charge on any atom is -0.371 e. The van der Waals surface area contributed by atoms with Gasteiger partial charge in [0.25, 0.3) is 17.5 Å². The molecule has 0 unspecified atom stereocenters. The van der Waals surface area contributed by atoms with E-state index in [0.29, 0.717) is 16.3 Å². The fraction of sp³-hybridized carbons (Fsp3) is 0.190. The Balaban J connectivity index is 1.79. The van der Waals surface area contributed by atoms with Gasteiger partial charge < -0.3 is 4.90 Å². The SMILES string of the molecule is O=C1NC(=S)N(c2ccc(Cl)cc2)C(=O)C1=Cc1cc([N+](=O)[O-])ccc1N1CCCC1. The summed E-state index contributed by atoms with van der Waals surface area (Å²) in [5.74, 6) is -1.27. The van der Waals surface area contributed by atoms with Gasteiger partial charge in [0, 0.05) is 41.5 Å². The highest BCUT2D eigenvalue weighted by Crippen LogP contribution is 2.31. The summed E-state index contributed by atoms with van der Waals surface area (Å²) in [4.78, 5) is 39.9. The number of thiocarbonyl (C=S) groups is 1. The molecule has 0 radical (unpaired) electrons. The summed E-state index contributed by atoms with van der Waals surface area (Å²) in [6, 6.07) is 10.9. The molecule has 2 saturated heterocycles. The summed E-state index contributed by atoms with van der Waals surface area (Å²) in [6.07, 6.45) is 3.40. The number of carbonyl (C=O) groups is 2. The number of nitrogens with zero attached hydrogens (tertiary/aromatic N) is 3. The van der Waals surface area contributed by atoms with Gasteiger partial charge in [-0.05, 0) is 61.5 Å². The average Bonchev–Trinajstić information content (AvgIpc) is 3.27. The van der Waals surface area contributed by atoms with Crippen molar-refractivity contribution in [1.82, 2.24) is 5.32 Å². The van der Waals surface area contributed by atoms with E-state index in [1.807, 2.05) is 0 Å².